The van der Waals surface area contributed by atoms with Crippen LogP contribution in [-0.4, -0.2) is 49.5 Å². The van der Waals surface area contributed by atoms with Gasteiger partial charge in [-0.15, -0.1) is 0 Å². The van der Waals surface area contributed by atoms with Crippen LogP contribution in [0.15, 0.2) is 42.5 Å². The Kier molecular flexibility index (Phi) is 5.09. The van der Waals surface area contributed by atoms with E-state index in [-0.39, 0.29) is 5.91 Å². The quantitative estimate of drug-likeness (QED) is 0.772. The van der Waals surface area contributed by atoms with E-state index in [0.717, 1.165) is 30.4 Å². The van der Waals surface area contributed by atoms with Gasteiger partial charge in [0.15, 0.2) is 5.79 Å². The van der Waals surface area contributed by atoms with Gasteiger partial charge >= 0.3 is 0 Å². The molecule has 1 amide bonds. The Labute approximate surface area is 153 Å². The van der Waals surface area contributed by atoms with Gasteiger partial charge in [0, 0.05) is 37.7 Å². The zero-order chi connectivity index (χ0) is 17.8. The van der Waals surface area contributed by atoms with Crippen LogP contribution in [0.5, 0.6) is 5.75 Å². The predicted octanol–water partition coefficient (Wildman–Crippen LogP) is 3.36. The molecule has 2 heterocycles. The Balaban J connectivity index is 1.23. The molecule has 2 aliphatic heterocycles. The van der Waals surface area contributed by atoms with Gasteiger partial charge in [-0.25, -0.2) is 0 Å². The molecule has 26 heavy (non-hydrogen) atoms. The van der Waals surface area contributed by atoms with Crippen molar-refractivity contribution in [3.63, 3.8) is 0 Å². The molecule has 2 fully saturated rings. The number of ether oxygens (including phenoxy) is 3. The third kappa shape index (κ3) is 3.69. The number of piperidine rings is 1. The highest BCUT2D eigenvalue weighted by atomic mass is 16.7. The summed E-state index contributed by atoms with van der Waals surface area (Å²) in [5, 5.41) is 2.28. The molecule has 0 saturated carbocycles. The van der Waals surface area contributed by atoms with Crippen molar-refractivity contribution in [3.05, 3.63) is 42.5 Å². The predicted molar refractivity (Wildman–Crippen MR) is 99.1 cm³/mol. The molecule has 4 rings (SSSR count). The molecule has 2 aromatic rings. The zero-order valence-corrected chi connectivity index (χ0v) is 15.0. The van der Waals surface area contributed by atoms with Crippen LogP contribution in [0.2, 0.25) is 0 Å². The van der Waals surface area contributed by atoms with Gasteiger partial charge in [0.1, 0.15) is 5.75 Å². The fourth-order valence-corrected chi connectivity index (χ4v) is 3.77. The number of amides is 1. The topological polar surface area (TPSA) is 48.0 Å². The standard InChI is InChI=1S/C21H25NO4/c23-20(22-12-10-21(11-13-22)25-15-16-26-21)9-4-14-24-19-8-3-6-17-5-1-2-7-18(17)19/h1-3,5-8H,4,9-16H2. The van der Waals surface area contributed by atoms with E-state index in [1.54, 1.807) is 0 Å². The Morgan fingerprint density at radius 1 is 1.04 bits per heavy atom. The number of benzene rings is 2. The van der Waals surface area contributed by atoms with Crippen LogP contribution in [0.1, 0.15) is 25.7 Å². The van der Waals surface area contributed by atoms with Gasteiger partial charge in [0.2, 0.25) is 5.91 Å². The first-order chi connectivity index (χ1) is 12.8. The lowest BCUT2D eigenvalue weighted by Crippen LogP contribution is -2.47. The van der Waals surface area contributed by atoms with Crippen molar-refractivity contribution in [3.8, 4) is 5.75 Å². The van der Waals surface area contributed by atoms with Crippen LogP contribution in [0, 0.1) is 0 Å². The largest absolute Gasteiger partial charge is 0.493 e. The third-order valence-corrected chi connectivity index (χ3v) is 5.23. The summed E-state index contributed by atoms with van der Waals surface area (Å²) in [5.74, 6) is 0.652. The molecule has 0 aromatic heterocycles. The monoisotopic (exact) mass is 355 g/mol. The average Bonchev–Trinajstić information content (AvgIpc) is 3.13. The highest BCUT2D eigenvalue weighted by molar-refractivity contribution is 5.88. The van der Waals surface area contributed by atoms with Crippen molar-refractivity contribution in [2.45, 2.75) is 31.5 Å². The highest BCUT2D eigenvalue weighted by Crippen LogP contribution is 2.31. The smallest absolute Gasteiger partial charge is 0.222 e. The van der Waals surface area contributed by atoms with E-state index >= 15 is 0 Å². The Morgan fingerprint density at radius 2 is 1.77 bits per heavy atom. The van der Waals surface area contributed by atoms with Gasteiger partial charge in [0.05, 0.1) is 19.8 Å². The fourth-order valence-electron chi connectivity index (χ4n) is 3.77. The van der Waals surface area contributed by atoms with Crippen molar-refractivity contribution < 1.29 is 19.0 Å². The molecule has 2 saturated heterocycles. The maximum absolute atomic E-state index is 12.4. The second-order valence-electron chi connectivity index (χ2n) is 6.92. The minimum atomic E-state index is -0.422. The van der Waals surface area contributed by atoms with Gasteiger partial charge in [-0.1, -0.05) is 36.4 Å². The lowest BCUT2D eigenvalue weighted by molar-refractivity contribution is -0.187. The molecule has 5 nitrogen and oxygen atoms in total. The van der Waals surface area contributed by atoms with Gasteiger partial charge in [-0.05, 0) is 17.9 Å². The summed E-state index contributed by atoms with van der Waals surface area (Å²) >= 11 is 0. The maximum Gasteiger partial charge on any atom is 0.222 e. The number of carbonyl (C=O) groups excluding carboxylic acids is 1. The van der Waals surface area contributed by atoms with E-state index in [1.165, 1.54) is 5.39 Å². The Morgan fingerprint density at radius 3 is 2.58 bits per heavy atom. The first kappa shape index (κ1) is 17.3. The molecule has 0 bridgehead atoms. The van der Waals surface area contributed by atoms with Crippen molar-refractivity contribution in [1.82, 2.24) is 4.90 Å². The summed E-state index contributed by atoms with van der Waals surface area (Å²) in [7, 11) is 0. The van der Waals surface area contributed by atoms with E-state index in [0.29, 0.717) is 39.3 Å². The fraction of sp³-hybridized carbons (Fsp3) is 0.476. The van der Waals surface area contributed by atoms with Crippen molar-refractivity contribution in [2.24, 2.45) is 0 Å². The Hall–Kier alpha value is -2.11. The summed E-state index contributed by atoms with van der Waals surface area (Å²) in [6, 6.07) is 14.2. The number of hydrogen-bond acceptors (Lipinski definition) is 4. The minimum Gasteiger partial charge on any atom is -0.493 e. The van der Waals surface area contributed by atoms with Crippen molar-refractivity contribution in [1.29, 1.82) is 0 Å². The van der Waals surface area contributed by atoms with Crippen LogP contribution in [0.3, 0.4) is 0 Å². The molecule has 0 aliphatic carbocycles. The van der Waals surface area contributed by atoms with Gasteiger partial charge < -0.3 is 19.1 Å². The Bertz CT molecular complexity index is 754. The van der Waals surface area contributed by atoms with Crippen molar-refractivity contribution >= 4 is 16.7 Å². The number of nitrogens with zero attached hydrogens (tertiary/aromatic N) is 1. The van der Waals surface area contributed by atoms with Gasteiger partial charge in [-0.3, -0.25) is 4.79 Å². The van der Waals surface area contributed by atoms with Gasteiger partial charge in [0.25, 0.3) is 0 Å². The van der Waals surface area contributed by atoms with Crippen LogP contribution in [-0.2, 0) is 14.3 Å². The van der Waals surface area contributed by atoms with E-state index in [9.17, 15) is 4.79 Å². The molecule has 0 N–H and O–H groups in total. The molecule has 2 aromatic carbocycles. The normalized spacial score (nSPS) is 19.2. The van der Waals surface area contributed by atoms with E-state index in [1.807, 2.05) is 29.2 Å². The molecule has 0 radical (unpaired) electrons. The first-order valence-corrected chi connectivity index (χ1v) is 9.42. The van der Waals surface area contributed by atoms with Crippen LogP contribution >= 0.6 is 0 Å². The second-order valence-corrected chi connectivity index (χ2v) is 6.92. The summed E-state index contributed by atoms with van der Waals surface area (Å²) in [6.07, 6.45) is 2.77. The van der Waals surface area contributed by atoms with E-state index < -0.39 is 5.79 Å². The minimum absolute atomic E-state index is 0.194. The highest BCUT2D eigenvalue weighted by Gasteiger charge is 2.40. The SMILES string of the molecule is O=C(CCCOc1cccc2ccccc12)N1CCC2(CC1)OCCO2. The summed E-state index contributed by atoms with van der Waals surface area (Å²) in [6.45, 7) is 3.30. The first-order valence-electron chi connectivity index (χ1n) is 9.42. The summed E-state index contributed by atoms with van der Waals surface area (Å²) in [4.78, 5) is 14.3. The van der Waals surface area contributed by atoms with Crippen LogP contribution in [0.25, 0.3) is 10.8 Å². The zero-order valence-electron chi connectivity index (χ0n) is 15.0. The second kappa shape index (κ2) is 7.64. The van der Waals surface area contributed by atoms with E-state index in [2.05, 4.69) is 18.2 Å². The number of fused-ring (bicyclic) bond motifs is 1. The molecule has 2 aliphatic rings. The molecule has 138 valence electrons. The van der Waals surface area contributed by atoms with E-state index in [4.69, 9.17) is 14.2 Å². The molecule has 1 spiro atoms. The lowest BCUT2D eigenvalue weighted by atomic mass is 10.0. The average molecular weight is 355 g/mol. The third-order valence-electron chi connectivity index (χ3n) is 5.23. The van der Waals surface area contributed by atoms with Crippen molar-refractivity contribution in [2.75, 3.05) is 32.9 Å². The molecular weight excluding hydrogens is 330 g/mol. The number of hydrogen-bond donors (Lipinski definition) is 0. The molecule has 0 atom stereocenters. The molecule has 0 unspecified atom stereocenters. The van der Waals surface area contributed by atoms with Gasteiger partial charge in [-0.2, -0.15) is 0 Å². The summed E-state index contributed by atoms with van der Waals surface area (Å²) < 4.78 is 17.3. The summed E-state index contributed by atoms with van der Waals surface area (Å²) in [5.41, 5.74) is 0. The van der Waals surface area contributed by atoms with Crippen LogP contribution < -0.4 is 4.74 Å². The molecular formula is C21H25NO4. The molecule has 5 heteroatoms. The maximum atomic E-state index is 12.4. The number of likely N-dealkylation sites (tertiary alicyclic amines) is 1. The lowest BCUT2D eigenvalue weighted by Gasteiger charge is -2.37. The van der Waals surface area contributed by atoms with Crippen LogP contribution in [0.4, 0.5) is 0 Å². The number of carbonyl (C=O) groups is 1. The number of rotatable bonds is 5.